The average Bonchev–Trinajstić information content (AvgIpc) is 3.24. The van der Waals surface area contributed by atoms with Crippen LogP contribution < -0.4 is 0 Å². The fourth-order valence-corrected chi connectivity index (χ4v) is 3.70. The predicted octanol–water partition coefficient (Wildman–Crippen LogP) is 6.08. The quantitative estimate of drug-likeness (QED) is 0.378. The van der Waals surface area contributed by atoms with Crippen LogP contribution in [0.5, 0.6) is 0 Å². The number of halogens is 4. The first-order chi connectivity index (χ1) is 14.7. The number of benzene rings is 3. The van der Waals surface area contributed by atoms with Crippen molar-refractivity contribution in [3.05, 3.63) is 88.5 Å². The number of aromatic nitrogens is 3. The lowest BCUT2D eigenvalue weighted by Gasteiger charge is -2.11. The third-order valence-electron chi connectivity index (χ3n) is 4.64. The smallest absolute Gasteiger partial charge is 0.416 e. The van der Waals surface area contributed by atoms with E-state index in [1.165, 1.54) is 29.1 Å². The summed E-state index contributed by atoms with van der Waals surface area (Å²) in [6.45, 7) is 0. The van der Waals surface area contributed by atoms with Gasteiger partial charge in [-0.25, -0.2) is 9.48 Å². The van der Waals surface area contributed by atoms with Gasteiger partial charge in [-0.1, -0.05) is 47.7 Å². The Hall–Kier alpha value is -3.46. The number of rotatable bonds is 4. The molecule has 0 atom stereocenters. The topological polar surface area (TPSA) is 68.0 Å². The minimum Gasteiger partial charge on any atom is -0.478 e. The van der Waals surface area contributed by atoms with Crippen molar-refractivity contribution in [2.75, 3.05) is 0 Å². The summed E-state index contributed by atoms with van der Waals surface area (Å²) >= 11 is 3.37. The van der Waals surface area contributed by atoms with E-state index in [0.717, 1.165) is 17.7 Å². The summed E-state index contributed by atoms with van der Waals surface area (Å²) in [5.74, 6) is -1.12. The number of hydrogen-bond acceptors (Lipinski definition) is 3. The maximum Gasteiger partial charge on any atom is 0.416 e. The van der Waals surface area contributed by atoms with E-state index in [4.69, 9.17) is 0 Å². The average molecular weight is 488 g/mol. The highest BCUT2D eigenvalue weighted by Crippen LogP contribution is 2.34. The molecule has 0 fully saturated rings. The Morgan fingerprint density at radius 1 is 0.968 bits per heavy atom. The molecule has 0 unspecified atom stereocenters. The fourth-order valence-electron chi connectivity index (χ4n) is 3.08. The zero-order valence-electron chi connectivity index (χ0n) is 15.6. The monoisotopic (exact) mass is 487 g/mol. The summed E-state index contributed by atoms with van der Waals surface area (Å²) in [4.78, 5) is 11.8. The Bertz CT molecular complexity index is 1250. The molecule has 5 nitrogen and oxygen atoms in total. The molecule has 9 heteroatoms. The molecule has 0 aliphatic heterocycles. The molecule has 0 aliphatic rings. The maximum atomic E-state index is 12.8. The van der Waals surface area contributed by atoms with Crippen LogP contribution in [0.2, 0.25) is 0 Å². The Balaban J connectivity index is 1.76. The van der Waals surface area contributed by atoms with Gasteiger partial charge in [0, 0.05) is 10.0 Å². The molecule has 0 aliphatic carbocycles. The van der Waals surface area contributed by atoms with E-state index in [-0.39, 0.29) is 5.56 Å². The molecule has 156 valence electrons. The van der Waals surface area contributed by atoms with Crippen LogP contribution in [0.25, 0.3) is 28.1 Å². The Morgan fingerprint density at radius 3 is 2.26 bits per heavy atom. The van der Waals surface area contributed by atoms with Crippen LogP contribution in [-0.2, 0) is 6.18 Å². The second-order valence-corrected chi connectivity index (χ2v) is 7.44. The first-order valence-electron chi connectivity index (χ1n) is 8.96. The fraction of sp³-hybridized carbons (Fsp3) is 0.0455. The van der Waals surface area contributed by atoms with E-state index >= 15 is 0 Å². The van der Waals surface area contributed by atoms with Crippen molar-refractivity contribution >= 4 is 21.9 Å². The second-order valence-electron chi connectivity index (χ2n) is 6.65. The Kier molecular flexibility index (Phi) is 5.36. The first kappa shape index (κ1) is 20.8. The van der Waals surface area contributed by atoms with Gasteiger partial charge in [0.1, 0.15) is 5.69 Å². The molecule has 4 aromatic rings. The second kappa shape index (κ2) is 7.99. The third-order valence-corrected chi connectivity index (χ3v) is 5.49. The summed E-state index contributed by atoms with van der Waals surface area (Å²) in [5.41, 5.74) is 2.01. The summed E-state index contributed by atoms with van der Waals surface area (Å²) < 4.78 is 40.1. The molecule has 1 heterocycles. The highest BCUT2D eigenvalue weighted by Gasteiger charge is 2.30. The van der Waals surface area contributed by atoms with E-state index in [1.54, 1.807) is 6.07 Å². The van der Waals surface area contributed by atoms with Gasteiger partial charge in [0.05, 0.1) is 23.0 Å². The standard InChI is InChI=1S/C22H13BrF3N3O2/c23-20-17(13-4-2-1-3-5-13)10-16(11-18(20)21(30)31)29-12-19(27-28-29)14-6-8-15(9-7-14)22(24,25)26/h1-12H,(H,30,31). The molecule has 0 bridgehead atoms. The Labute approximate surface area is 182 Å². The van der Waals surface area contributed by atoms with Gasteiger partial charge >= 0.3 is 12.1 Å². The maximum absolute atomic E-state index is 12.8. The van der Waals surface area contributed by atoms with Crippen molar-refractivity contribution in [3.8, 4) is 28.1 Å². The summed E-state index contributed by atoms with van der Waals surface area (Å²) in [6.07, 6.45) is -2.89. The Morgan fingerprint density at radius 2 is 1.65 bits per heavy atom. The lowest BCUT2D eigenvalue weighted by atomic mass is 10.0. The summed E-state index contributed by atoms with van der Waals surface area (Å²) in [5, 5.41) is 17.7. The highest BCUT2D eigenvalue weighted by atomic mass is 79.9. The third kappa shape index (κ3) is 4.22. The zero-order valence-corrected chi connectivity index (χ0v) is 17.2. The van der Waals surface area contributed by atoms with Gasteiger partial charge < -0.3 is 5.11 Å². The van der Waals surface area contributed by atoms with Gasteiger partial charge in [-0.3, -0.25) is 0 Å². The minimum absolute atomic E-state index is 0.0444. The molecule has 1 N–H and O–H groups in total. The number of nitrogens with zero attached hydrogens (tertiary/aromatic N) is 3. The van der Waals surface area contributed by atoms with Gasteiger partial charge in [-0.2, -0.15) is 13.2 Å². The molecule has 0 saturated carbocycles. The van der Waals surface area contributed by atoms with Crippen LogP contribution in [0.15, 0.2) is 77.4 Å². The van der Waals surface area contributed by atoms with Gasteiger partial charge in [0.25, 0.3) is 0 Å². The number of carboxylic acids is 1. The molecule has 31 heavy (non-hydrogen) atoms. The van der Waals surface area contributed by atoms with Crippen LogP contribution in [0.4, 0.5) is 13.2 Å². The number of hydrogen-bond donors (Lipinski definition) is 1. The highest BCUT2D eigenvalue weighted by molar-refractivity contribution is 9.10. The molecule has 0 amide bonds. The van der Waals surface area contributed by atoms with Crippen molar-refractivity contribution in [2.24, 2.45) is 0 Å². The van der Waals surface area contributed by atoms with Crippen molar-refractivity contribution < 1.29 is 23.1 Å². The molecular weight excluding hydrogens is 475 g/mol. The molecular formula is C22H13BrF3N3O2. The van der Waals surface area contributed by atoms with Crippen molar-refractivity contribution in [2.45, 2.75) is 6.18 Å². The number of alkyl halides is 3. The molecule has 1 aromatic heterocycles. The van der Waals surface area contributed by atoms with Gasteiger partial charge in [-0.15, -0.1) is 5.10 Å². The van der Waals surface area contributed by atoms with Crippen LogP contribution >= 0.6 is 15.9 Å². The molecule has 0 spiro atoms. The van der Waals surface area contributed by atoms with Crippen LogP contribution in [0.1, 0.15) is 15.9 Å². The molecule has 3 aromatic carbocycles. The zero-order chi connectivity index (χ0) is 22.2. The largest absolute Gasteiger partial charge is 0.478 e. The number of aromatic carboxylic acids is 1. The predicted molar refractivity (Wildman–Crippen MR) is 112 cm³/mol. The van der Waals surface area contributed by atoms with E-state index in [2.05, 4.69) is 26.2 Å². The first-order valence-corrected chi connectivity index (χ1v) is 9.76. The minimum atomic E-state index is -4.42. The molecule has 0 radical (unpaired) electrons. The van der Waals surface area contributed by atoms with Crippen LogP contribution in [0, 0.1) is 0 Å². The number of carbonyl (C=O) groups is 1. The molecule has 0 saturated heterocycles. The van der Waals surface area contributed by atoms with E-state index < -0.39 is 17.7 Å². The lowest BCUT2D eigenvalue weighted by Crippen LogP contribution is -2.04. The SMILES string of the molecule is O=C(O)c1cc(-n2cc(-c3ccc(C(F)(F)F)cc3)nn2)cc(-c2ccccc2)c1Br. The van der Waals surface area contributed by atoms with Crippen molar-refractivity contribution in [3.63, 3.8) is 0 Å². The van der Waals surface area contributed by atoms with E-state index in [9.17, 15) is 23.1 Å². The van der Waals surface area contributed by atoms with Gasteiger partial charge in [0.2, 0.25) is 0 Å². The van der Waals surface area contributed by atoms with Crippen LogP contribution in [0.3, 0.4) is 0 Å². The molecule has 4 rings (SSSR count). The summed E-state index contributed by atoms with van der Waals surface area (Å²) in [7, 11) is 0. The van der Waals surface area contributed by atoms with Crippen LogP contribution in [-0.4, -0.2) is 26.1 Å². The van der Waals surface area contributed by atoms with E-state index in [1.807, 2.05) is 30.3 Å². The van der Waals surface area contributed by atoms with E-state index in [0.29, 0.717) is 27.0 Å². The van der Waals surface area contributed by atoms with Gasteiger partial charge in [-0.05, 0) is 51.3 Å². The summed E-state index contributed by atoms with van der Waals surface area (Å²) in [6, 6.07) is 17.0. The van der Waals surface area contributed by atoms with Crippen molar-refractivity contribution in [1.29, 1.82) is 0 Å². The lowest BCUT2D eigenvalue weighted by molar-refractivity contribution is -0.137. The normalized spacial score (nSPS) is 11.5. The van der Waals surface area contributed by atoms with Gasteiger partial charge in [0.15, 0.2) is 0 Å². The number of carboxylic acid groups (broad SMARTS) is 1. The van der Waals surface area contributed by atoms with Crippen molar-refractivity contribution in [1.82, 2.24) is 15.0 Å².